The predicted molar refractivity (Wildman–Crippen MR) is 123 cm³/mol. The molecule has 0 spiro atoms. The third-order valence-electron chi connectivity index (χ3n) is 4.71. The quantitative estimate of drug-likeness (QED) is 0.224. The fourth-order valence-corrected chi connectivity index (χ4v) is 4.02. The summed E-state index contributed by atoms with van der Waals surface area (Å²) in [6.07, 6.45) is 2.21. The number of halogens is 1. The molecule has 0 fully saturated rings. The standard InChI is InChI=1S/C23H26BrNO5S/c1-4-15(2)29-30-22(26)12-7-17-5-8-18(9-6-17)27-14-13-19-16(3)28-23(25-19)20-10-11-21(24)31-20/h5-6,8-11,15H,4,7,12-14H2,1-3H3. The minimum absolute atomic E-state index is 0.0918. The smallest absolute Gasteiger partial charge is 0.342 e. The summed E-state index contributed by atoms with van der Waals surface area (Å²) in [5, 5.41) is 0. The van der Waals surface area contributed by atoms with Gasteiger partial charge in [0.15, 0.2) is 0 Å². The Hall–Kier alpha value is -2.16. The van der Waals surface area contributed by atoms with Crippen molar-refractivity contribution >= 4 is 33.2 Å². The van der Waals surface area contributed by atoms with Crippen LogP contribution in [0, 0.1) is 6.92 Å². The molecule has 0 aliphatic rings. The van der Waals surface area contributed by atoms with Gasteiger partial charge in [0.2, 0.25) is 5.89 Å². The number of carbonyl (C=O) groups excluding carboxylic acids is 1. The molecule has 0 aliphatic heterocycles. The number of carbonyl (C=O) groups is 1. The van der Waals surface area contributed by atoms with Gasteiger partial charge < -0.3 is 9.15 Å². The number of thiophene rings is 1. The monoisotopic (exact) mass is 507 g/mol. The maximum Gasteiger partial charge on any atom is 0.342 e. The Labute approximate surface area is 194 Å². The first-order valence-corrected chi connectivity index (χ1v) is 11.9. The fraction of sp³-hybridized carbons (Fsp3) is 0.391. The third-order valence-corrected chi connectivity index (χ3v) is 6.32. The van der Waals surface area contributed by atoms with E-state index in [1.165, 1.54) is 0 Å². The zero-order chi connectivity index (χ0) is 22.2. The van der Waals surface area contributed by atoms with Crippen molar-refractivity contribution in [2.24, 2.45) is 0 Å². The van der Waals surface area contributed by atoms with Gasteiger partial charge in [0.25, 0.3) is 0 Å². The van der Waals surface area contributed by atoms with Gasteiger partial charge in [-0.05, 0) is 72.4 Å². The molecule has 0 bridgehead atoms. The lowest BCUT2D eigenvalue weighted by molar-refractivity contribution is -0.294. The van der Waals surface area contributed by atoms with E-state index in [2.05, 4.69) is 20.9 Å². The van der Waals surface area contributed by atoms with E-state index < -0.39 is 0 Å². The fourth-order valence-electron chi connectivity index (χ4n) is 2.70. The van der Waals surface area contributed by atoms with Gasteiger partial charge in [0, 0.05) is 6.42 Å². The zero-order valence-electron chi connectivity index (χ0n) is 17.9. The number of oxazole rings is 1. The van der Waals surface area contributed by atoms with Gasteiger partial charge in [-0.25, -0.2) is 9.78 Å². The molecule has 1 aromatic carbocycles. The van der Waals surface area contributed by atoms with E-state index in [4.69, 9.17) is 18.9 Å². The van der Waals surface area contributed by atoms with Crippen LogP contribution in [0.3, 0.4) is 0 Å². The van der Waals surface area contributed by atoms with Gasteiger partial charge in [-0.15, -0.1) is 11.3 Å². The van der Waals surface area contributed by atoms with Gasteiger partial charge in [0.05, 0.1) is 27.4 Å². The van der Waals surface area contributed by atoms with E-state index in [-0.39, 0.29) is 18.5 Å². The molecule has 0 N–H and O–H groups in total. The first-order valence-electron chi connectivity index (χ1n) is 10.2. The van der Waals surface area contributed by atoms with Crippen molar-refractivity contribution in [3.8, 4) is 16.5 Å². The van der Waals surface area contributed by atoms with Crippen molar-refractivity contribution in [2.45, 2.75) is 52.6 Å². The summed E-state index contributed by atoms with van der Waals surface area (Å²) in [6, 6.07) is 11.7. The summed E-state index contributed by atoms with van der Waals surface area (Å²) < 4.78 is 12.7. The molecule has 6 nitrogen and oxygen atoms in total. The molecule has 3 rings (SSSR count). The second-order valence-corrected chi connectivity index (χ2v) is 9.60. The highest BCUT2D eigenvalue weighted by Gasteiger charge is 2.13. The Balaban J connectivity index is 1.42. The molecule has 0 aliphatic carbocycles. The number of aromatic nitrogens is 1. The second kappa shape index (κ2) is 11.5. The summed E-state index contributed by atoms with van der Waals surface area (Å²) in [4.78, 5) is 27.1. The Kier molecular flexibility index (Phi) is 8.69. The highest BCUT2D eigenvalue weighted by atomic mass is 79.9. The molecule has 1 atom stereocenters. The molecule has 0 radical (unpaired) electrons. The third kappa shape index (κ3) is 7.19. The summed E-state index contributed by atoms with van der Waals surface area (Å²) in [5.41, 5.74) is 1.93. The van der Waals surface area contributed by atoms with E-state index in [0.29, 0.717) is 25.3 Å². The van der Waals surface area contributed by atoms with E-state index in [0.717, 1.165) is 37.9 Å². The summed E-state index contributed by atoms with van der Waals surface area (Å²) >= 11 is 5.05. The van der Waals surface area contributed by atoms with Crippen LogP contribution in [-0.4, -0.2) is 23.7 Å². The van der Waals surface area contributed by atoms with Gasteiger partial charge in [0.1, 0.15) is 17.6 Å². The molecule has 31 heavy (non-hydrogen) atoms. The molecular formula is C23H26BrNO5S. The molecular weight excluding hydrogens is 482 g/mol. The van der Waals surface area contributed by atoms with Crippen LogP contribution in [0.1, 0.15) is 43.7 Å². The Morgan fingerprint density at radius 2 is 1.97 bits per heavy atom. The first-order chi connectivity index (χ1) is 14.9. The average molecular weight is 508 g/mol. The van der Waals surface area contributed by atoms with Crippen LogP contribution in [0.5, 0.6) is 5.75 Å². The molecule has 1 unspecified atom stereocenters. The van der Waals surface area contributed by atoms with Crippen molar-refractivity contribution in [3.63, 3.8) is 0 Å². The second-order valence-electron chi connectivity index (χ2n) is 7.14. The van der Waals surface area contributed by atoms with Crippen LogP contribution >= 0.6 is 27.3 Å². The van der Waals surface area contributed by atoms with Crippen LogP contribution in [0.25, 0.3) is 10.8 Å². The molecule has 166 valence electrons. The average Bonchev–Trinajstić information content (AvgIpc) is 3.37. The maximum absolute atomic E-state index is 11.7. The number of hydrogen-bond donors (Lipinski definition) is 0. The van der Waals surface area contributed by atoms with Crippen LogP contribution in [0.2, 0.25) is 0 Å². The van der Waals surface area contributed by atoms with Crippen LogP contribution in [-0.2, 0) is 27.4 Å². The maximum atomic E-state index is 11.7. The number of benzene rings is 1. The number of nitrogens with zero attached hydrogens (tertiary/aromatic N) is 1. The van der Waals surface area contributed by atoms with Gasteiger partial charge >= 0.3 is 5.97 Å². The van der Waals surface area contributed by atoms with E-state index >= 15 is 0 Å². The summed E-state index contributed by atoms with van der Waals surface area (Å²) in [6.45, 7) is 6.25. The topological polar surface area (TPSA) is 70.8 Å². The van der Waals surface area contributed by atoms with E-state index in [9.17, 15) is 4.79 Å². The molecule has 0 amide bonds. The van der Waals surface area contributed by atoms with Gasteiger partial charge in [-0.3, -0.25) is 4.89 Å². The number of rotatable bonds is 11. The molecule has 3 aromatic rings. The van der Waals surface area contributed by atoms with Crippen molar-refractivity contribution < 1.29 is 23.7 Å². The van der Waals surface area contributed by atoms with Crippen LogP contribution < -0.4 is 4.74 Å². The van der Waals surface area contributed by atoms with Crippen molar-refractivity contribution in [3.05, 3.63) is 57.2 Å². The Morgan fingerprint density at radius 1 is 1.19 bits per heavy atom. The highest BCUT2D eigenvalue weighted by Crippen LogP contribution is 2.31. The lowest BCUT2D eigenvalue weighted by Gasteiger charge is -2.09. The molecule has 2 aromatic heterocycles. The van der Waals surface area contributed by atoms with E-state index in [1.807, 2.05) is 57.2 Å². The summed E-state index contributed by atoms with van der Waals surface area (Å²) in [5.74, 6) is 1.86. The highest BCUT2D eigenvalue weighted by molar-refractivity contribution is 9.11. The zero-order valence-corrected chi connectivity index (χ0v) is 20.3. The van der Waals surface area contributed by atoms with Crippen LogP contribution in [0.15, 0.2) is 44.6 Å². The largest absolute Gasteiger partial charge is 0.493 e. The number of ether oxygens (including phenoxy) is 1. The Morgan fingerprint density at radius 3 is 2.65 bits per heavy atom. The summed E-state index contributed by atoms with van der Waals surface area (Å²) in [7, 11) is 0. The Bertz CT molecular complexity index is 982. The molecule has 8 heteroatoms. The van der Waals surface area contributed by atoms with Crippen molar-refractivity contribution in [1.29, 1.82) is 0 Å². The van der Waals surface area contributed by atoms with Crippen molar-refractivity contribution in [2.75, 3.05) is 6.61 Å². The predicted octanol–water partition coefficient (Wildman–Crippen LogP) is 6.30. The minimum atomic E-state index is -0.363. The van der Waals surface area contributed by atoms with Gasteiger partial charge in [-0.2, -0.15) is 4.89 Å². The number of aryl methyl sites for hydroxylation is 2. The molecule has 0 saturated heterocycles. The minimum Gasteiger partial charge on any atom is -0.493 e. The number of hydrogen-bond acceptors (Lipinski definition) is 7. The lowest BCUT2D eigenvalue weighted by Crippen LogP contribution is -2.13. The molecule has 0 saturated carbocycles. The normalized spacial score (nSPS) is 12.0. The lowest BCUT2D eigenvalue weighted by atomic mass is 10.1. The SMILES string of the molecule is CCC(C)OOC(=O)CCc1ccc(OCCc2nc(-c3ccc(Br)s3)oc2C)cc1. The molecule has 2 heterocycles. The van der Waals surface area contributed by atoms with E-state index in [1.54, 1.807) is 11.3 Å². The van der Waals surface area contributed by atoms with Crippen molar-refractivity contribution in [1.82, 2.24) is 4.98 Å². The first kappa shape index (κ1) is 23.5. The van der Waals surface area contributed by atoms with Crippen LogP contribution in [0.4, 0.5) is 0 Å². The van der Waals surface area contributed by atoms with Gasteiger partial charge in [-0.1, -0.05) is 19.1 Å².